The first-order chi connectivity index (χ1) is 15.5. The molecular formula is C25H19N2O4S. The van der Waals surface area contributed by atoms with E-state index < -0.39 is 5.92 Å². The number of hydrogen-bond acceptors (Lipinski definition) is 6. The Labute approximate surface area is 189 Å². The number of carbonyl (C=O) groups is 2. The topological polar surface area (TPSA) is 84.8 Å². The number of hydrogen-bond donors (Lipinski definition) is 1. The Morgan fingerprint density at radius 2 is 2.00 bits per heavy atom. The maximum absolute atomic E-state index is 12.3. The van der Waals surface area contributed by atoms with E-state index >= 15 is 0 Å². The molecule has 0 spiro atoms. The molecule has 2 aliphatic rings. The van der Waals surface area contributed by atoms with Crippen LogP contribution in [0.2, 0.25) is 0 Å². The van der Waals surface area contributed by atoms with Gasteiger partial charge < -0.3 is 10.1 Å². The van der Waals surface area contributed by atoms with Crippen LogP contribution in [0.5, 0.6) is 5.75 Å². The fourth-order valence-corrected chi connectivity index (χ4v) is 3.96. The van der Waals surface area contributed by atoms with Crippen LogP contribution in [0.3, 0.4) is 0 Å². The molecule has 1 unspecified atom stereocenters. The molecule has 1 radical (unpaired) electrons. The summed E-state index contributed by atoms with van der Waals surface area (Å²) in [4.78, 5) is 39.2. The minimum absolute atomic E-state index is 0.358. The van der Waals surface area contributed by atoms with E-state index in [9.17, 15) is 14.4 Å². The van der Waals surface area contributed by atoms with Crippen molar-refractivity contribution in [3.8, 4) is 5.75 Å². The summed E-state index contributed by atoms with van der Waals surface area (Å²) in [7, 11) is 0. The molecule has 6 nitrogen and oxygen atoms in total. The van der Waals surface area contributed by atoms with Crippen LogP contribution >= 0.6 is 11.8 Å². The Balaban J connectivity index is 1.35. The van der Waals surface area contributed by atoms with Crippen molar-refractivity contribution in [2.45, 2.75) is 13.5 Å². The highest BCUT2D eigenvalue weighted by atomic mass is 32.2. The second-order valence-corrected chi connectivity index (χ2v) is 8.29. The van der Waals surface area contributed by atoms with Gasteiger partial charge in [0.25, 0.3) is 5.91 Å². The maximum Gasteiger partial charge on any atom is 0.286 e. The van der Waals surface area contributed by atoms with Crippen LogP contribution in [-0.4, -0.2) is 23.1 Å². The van der Waals surface area contributed by atoms with E-state index in [0.29, 0.717) is 22.4 Å². The molecule has 0 saturated carbocycles. The van der Waals surface area contributed by atoms with Crippen molar-refractivity contribution in [3.63, 3.8) is 0 Å². The van der Waals surface area contributed by atoms with Crippen molar-refractivity contribution in [1.82, 2.24) is 5.32 Å². The first-order valence-corrected chi connectivity index (χ1v) is 10.7. The zero-order chi connectivity index (χ0) is 22.5. The van der Waals surface area contributed by atoms with Gasteiger partial charge in [-0.05, 0) is 54.1 Å². The first kappa shape index (κ1) is 21.5. The minimum atomic E-state index is -0.875. The third-order valence-corrected chi connectivity index (χ3v) is 5.64. The molecule has 1 N–H and O–H groups in total. The summed E-state index contributed by atoms with van der Waals surface area (Å²) in [5.74, 6) is -0.854. The van der Waals surface area contributed by atoms with E-state index in [-0.39, 0.29) is 11.7 Å². The van der Waals surface area contributed by atoms with Gasteiger partial charge in [0.15, 0.2) is 11.0 Å². The van der Waals surface area contributed by atoms with Crippen LogP contribution in [0.1, 0.15) is 16.7 Å². The SMILES string of the molecule is Cc1cccc(COc2ccc(C=C3SC(NC4=CC(=O)C([C]=O)C=C4)=NC3=O)cc2)c1. The van der Waals surface area contributed by atoms with Crippen molar-refractivity contribution in [2.75, 3.05) is 0 Å². The van der Waals surface area contributed by atoms with E-state index in [1.54, 1.807) is 18.4 Å². The van der Waals surface area contributed by atoms with Crippen LogP contribution in [-0.2, 0) is 21.0 Å². The summed E-state index contributed by atoms with van der Waals surface area (Å²) < 4.78 is 5.83. The Hall–Kier alpha value is -3.71. The van der Waals surface area contributed by atoms with E-state index in [0.717, 1.165) is 16.9 Å². The normalized spacial score (nSPS) is 19.0. The first-order valence-electron chi connectivity index (χ1n) is 9.89. The minimum Gasteiger partial charge on any atom is -0.489 e. The van der Waals surface area contributed by atoms with Gasteiger partial charge in [0.05, 0.1) is 4.91 Å². The molecule has 1 aliphatic carbocycles. The number of allylic oxidation sites excluding steroid dienone is 3. The highest BCUT2D eigenvalue weighted by Crippen LogP contribution is 2.29. The van der Waals surface area contributed by atoms with Crippen LogP contribution in [0.4, 0.5) is 0 Å². The van der Waals surface area contributed by atoms with Crippen molar-refractivity contribution in [2.24, 2.45) is 10.9 Å². The summed E-state index contributed by atoms with van der Waals surface area (Å²) in [5.41, 5.74) is 3.60. The van der Waals surface area contributed by atoms with Gasteiger partial charge in [-0.2, -0.15) is 4.99 Å². The number of thioether (sulfide) groups is 1. The van der Waals surface area contributed by atoms with Crippen molar-refractivity contribution in [1.29, 1.82) is 0 Å². The molecule has 0 saturated heterocycles. The lowest BCUT2D eigenvalue weighted by molar-refractivity contribution is -0.115. The molecule has 7 heteroatoms. The fourth-order valence-electron chi connectivity index (χ4n) is 3.13. The average molecular weight is 444 g/mol. The van der Waals surface area contributed by atoms with Gasteiger partial charge in [-0.3, -0.25) is 14.4 Å². The van der Waals surface area contributed by atoms with Gasteiger partial charge in [-0.15, -0.1) is 0 Å². The average Bonchev–Trinajstić information content (AvgIpc) is 3.12. The second kappa shape index (κ2) is 9.62. The molecule has 4 rings (SSSR count). The van der Waals surface area contributed by atoms with Gasteiger partial charge >= 0.3 is 0 Å². The molecule has 1 aliphatic heterocycles. The molecule has 2 aromatic carbocycles. The Kier molecular flexibility index (Phi) is 6.47. The Morgan fingerprint density at radius 3 is 2.72 bits per heavy atom. The molecule has 1 atom stereocenters. The number of carbonyl (C=O) groups excluding carboxylic acids is 3. The molecule has 0 fully saturated rings. The standard InChI is InChI=1S/C25H19N2O4S/c1-16-3-2-4-18(11-16)15-31-21-9-5-17(6-10-21)12-23-24(30)27-25(32-23)26-20-8-7-19(14-28)22(29)13-20/h2-13,19H,15H2,1H3,(H,26,27,30). The lowest BCUT2D eigenvalue weighted by Crippen LogP contribution is -2.23. The third-order valence-electron chi connectivity index (χ3n) is 4.74. The van der Waals surface area contributed by atoms with Crippen LogP contribution < -0.4 is 10.1 Å². The lowest BCUT2D eigenvalue weighted by atomic mass is 10.00. The monoisotopic (exact) mass is 443 g/mol. The summed E-state index contributed by atoms with van der Waals surface area (Å²) in [6.07, 6.45) is 7.78. The number of aliphatic imine (C=N–C) groups is 1. The quantitative estimate of drug-likeness (QED) is 0.539. The van der Waals surface area contributed by atoms with E-state index in [2.05, 4.69) is 16.4 Å². The van der Waals surface area contributed by atoms with E-state index in [1.807, 2.05) is 49.4 Å². The van der Waals surface area contributed by atoms with Crippen LogP contribution in [0.15, 0.2) is 82.4 Å². The third kappa shape index (κ3) is 5.31. The van der Waals surface area contributed by atoms with Gasteiger partial charge in [0, 0.05) is 11.8 Å². The highest BCUT2D eigenvalue weighted by molar-refractivity contribution is 8.18. The molecule has 0 bridgehead atoms. The molecule has 0 aromatic heterocycles. The van der Waals surface area contributed by atoms with Gasteiger partial charge in [-0.1, -0.05) is 48.0 Å². The number of rotatable bonds is 6. The number of aryl methyl sites for hydroxylation is 1. The van der Waals surface area contributed by atoms with Crippen LogP contribution in [0.25, 0.3) is 6.08 Å². The van der Waals surface area contributed by atoms with E-state index in [1.165, 1.54) is 29.5 Å². The van der Waals surface area contributed by atoms with Gasteiger partial charge in [0.1, 0.15) is 18.3 Å². The van der Waals surface area contributed by atoms with E-state index in [4.69, 9.17) is 4.74 Å². The highest BCUT2D eigenvalue weighted by Gasteiger charge is 2.24. The lowest BCUT2D eigenvalue weighted by Gasteiger charge is -2.11. The summed E-state index contributed by atoms with van der Waals surface area (Å²) in [6, 6.07) is 15.6. The molecule has 1 amide bonds. The van der Waals surface area contributed by atoms with Crippen molar-refractivity contribution in [3.05, 3.63) is 94.1 Å². The predicted molar refractivity (Wildman–Crippen MR) is 125 cm³/mol. The Bertz CT molecular complexity index is 1190. The van der Waals surface area contributed by atoms with Crippen molar-refractivity contribution < 1.29 is 19.1 Å². The summed E-state index contributed by atoms with van der Waals surface area (Å²) in [6.45, 7) is 2.53. The predicted octanol–water partition coefficient (Wildman–Crippen LogP) is 3.88. The van der Waals surface area contributed by atoms with Crippen LogP contribution in [0, 0.1) is 12.8 Å². The summed E-state index contributed by atoms with van der Waals surface area (Å²) >= 11 is 1.18. The fraction of sp³-hybridized carbons (Fsp3) is 0.120. The second-order valence-electron chi connectivity index (χ2n) is 7.26. The number of ether oxygens (including phenoxy) is 1. The number of nitrogens with one attached hydrogen (secondary N) is 1. The van der Waals surface area contributed by atoms with Gasteiger partial charge in [0.2, 0.25) is 6.29 Å². The van der Waals surface area contributed by atoms with Crippen molar-refractivity contribution >= 4 is 41.0 Å². The molecular weight excluding hydrogens is 424 g/mol. The molecule has 1 heterocycles. The summed E-state index contributed by atoms with van der Waals surface area (Å²) in [5, 5.41) is 3.31. The largest absolute Gasteiger partial charge is 0.489 e. The van der Waals surface area contributed by atoms with Gasteiger partial charge in [-0.25, -0.2) is 0 Å². The zero-order valence-electron chi connectivity index (χ0n) is 17.2. The maximum atomic E-state index is 12.3. The smallest absolute Gasteiger partial charge is 0.286 e. The number of amides is 1. The number of benzene rings is 2. The molecule has 32 heavy (non-hydrogen) atoms. The number of amidine groups is 1. The molecule has 2 aromatic rings. The number of ketones is 1. The zero-order valence-corrected chi connectivity index (χ0v) is 18.0. The number of nitrogens with zero attached hydrogens (tertiary/aromatic N) is 1. The Morgan fingerprint density at radius 1 is 1.19 bits per heavy atom. The molecule has 159 valence electrons.